The van der Waals surface area contributed by atoms with Gasteiger partial charge >= 0.3 is 0 Å². The van der Waals surface area contributed by atoms with E-state index in [-0.39, 0.29) is 0 Å². The van der Waals surface area contributed by atoms with Crippen LogP contribution in [0.1, 0.15) is 16.7 Å². The maximum absolute atomic E-state index is 9.91. The number of hydrogen-bond donors (Lipinski definition) is 1. The number of rotatable bonds is 3. The van der Waals surface area contributed by atoms with Gasteiger partial charge in [0.25, 0.3) is 0 Å². The lowest BCUT2D eigenvalue weighted by Crippen LogP contribution is -2.00. The van der Waals surface area contributed by atoms with Gasteiger partial charge in [-0.25, -0.2) is 4.98 Å². The second-order valence-electron chi connectivity index (χ2n) is 3.42. The summed E-state index contributed by atoms with van der Waals surface area (Å²) >= 11 is 5.03. The molecule has 0 aliphatic heterocycles. The molecule has 0 aliphatic rings. The van der Waals surface area contributed by atoms with Crippen molar-refractivity contribution in [2.75, 3.05) is 0 Å². The van der Waals surface area contributed by atoms with Crippen LogP contribution in [0, 0.1) is 0 Å². The van der Waals surface area contributed by atoms with Crippen LogP contribution < -0.4 is 0 Å². The van der Waals surface area contributed by atoms with Crippen LogP contribution in [0.2, 0.25) is 0 Å². The molecule has 1 unspecified atom stereocenters. The molecule has 80 valence electrons. The fraction of sp³-hybridized carbons (Fsp3) is 0.300. The Kier molecular flexibility index (Phi) is 3.23. The lowest BCUT2D eigenvalue weighted by molar-refractivity contribution is 0.175. The summed E-state index contributed by atoms with van der Waals surface area (Å²) in [4.78, 5) is 5.28. The predicted octanol–water partition coefficient (Wildman–Crippen LogP) is 2.52. The van der Waals surface area contributed by atoms with E-state index in [1.54, 1.807) is 17.7 Å². The number of imidazole rings is 1. The Morgan fingerprint density at radius 2 is 2.47 bits per heavy atom. The highest BCUT2D eigenvalue weighted by Gasteiger charge is 2.12. The molecule has 0 amide bonds. The van der Waals surface area contributed by atoms with Gasteiger partial charge in [-0.05, 0) is 22.0 Å². The van der Waals surface area contributed by atoms with E-state index in [2.05, 4.69) is 20.9 Å². The van der Waals surface area contributed by atoms with Crippen LogP contribution in [-0.4, -0.2) is 14.7 Å². The first-order chi connectivity index (χ1) is 7.15. The van der Waals surface area contributed by atoms with E-state index < -0.39 is 6.10 Å². The highest BCUT2D eigenvalue weighted by Crippen LogP contribution is 2.24. The SMILES string of the molecule is Cn1cnc(C(O)Cc2cc(Br)cs2)c1. The van der Waals surface area contributed by atoms with Gasteiger partial charge in [-0.3, -0.25) is 0 Å². The summed E-state index contributed by atoms with van der Waals surface area (Å²) in [6, 6.07) is 2.02. The summed E-state index contributed by atoms with van der Waals surface area (Å²) in [5.41, 5.74) is 0.724. The third-order valence-electron chi connectivity index (χ3n) is 2.08. The van der Waals surface area contributed by atoms with Gasteiger partial charge in [0.15, 0.2) is 0 Å². The number of halogens is 1. The maximum atomic E-state index is 9.91. The van der Waals surface area contributed by atoms with Crippen molar-refractivity contribution in [2.45, 2.75) is 12.5 Å². The minimum atomic E-state index is -0.517. The number of hydrogen-bond acceptors (Lipinski definition) is 3. The van der Waals surface area contributed by atoms with E-state index in [0.29, 0.717) is 6.42 Å². The number of aliphatic hydroxyl groups is 1. The predicted molar refractivity (Wildman–Crippen MR) is 63.9 cm³/mol. The number of aliphatic hydroxyl groups excluding tert-OH is 1. The Morgan fingerprint density at radius 1 is 1.67 bits per heavy atom. The van der Waals surface area contributed by atoms with E-state index in [0.717, 1.165) is 15.0 Å². The topological polar surface area (TPSA) is 38.0 Å². The Labute approximate surface area is 101 Å². The number of aryl methyl sites for hydroxylation is 1. The van der Waals surface area contributed by atoms with E-state index in [1.807, 2.05) is 29.3 Å². The minimum Gasteiger partial charge on any atom is -0.386 e. The van der Waals surface area contributed by atoms with Crippen LogP contribution in [0.25, 0.3) is 0 Å². The van der Waals surface area contributed by atoms with Crippen molar-refractivity contribution in [3.05, 3.63) is 39.0 Å². The number of thiophene rings is 1. The molecule has 0 bridgehead atoms. The first-order valence-corrected chi connectivity index (χ1v) is 6.21. The zero-order chi connectivity index (χ0) is 10.8. The molecule has 1 atom stereocenters. The lowest BCUT2D eigenvalue weighted by Gasteiger charge is -2.04. The monoisotopic (exact) mass is 286 g/mol. The molecule has 2 rings (SSSR count). The van der Waals surface area contributed by atoms with Crippen molar-refractivity contribution in [3.8, 4) is 0 Å². The quantitative estimate of drug-likeness (QED) is 0.942. The van der Waals surface area contributed by atoms with Gasteiger partial charge in [-0.2, -0.15) is 0 Å². The van der Waals surface area contributed by atoms with Crippen molar-refractivity contribution in [1.82, 2.24) is 9.55 Å². The van der Waals surface area contributed by atoms with Gasteiger partial charge in [-0.15, -0.1) is 11.3 Å². The van der Waals surface area contributed by atoms with Gasteiger partial charge in [0.2, 0.25) is 0 Å². The molecule has 2 aromatic rings. The molecule has 2 heterocycles. The van der Waals surface area contributed by atoms with Gasteiger partial charge < -0.3 is 9.67 Å². The summed E-state index contributed by atoms with van der Waals surface area (Å²) in [5, 5.41) is 11.9. The Hall–Kier alpha value is -0.650. The smallest absolute Gasteiger partial charge is 0.102 e. The standard InChI is InChI=1S/C10H11BrN2OS/c1-13-4-9(12-6-13)10(14)3-8-2-7(11)5-15-8/h2,4-6,10,14H,3H2,1H3. The molecule has 1 N–H and O–H groups in total. The highest BCUT2D eigenvalue weighted by molar-refractivity contribution is 9.10. The Bertz CT molecular complexity index is 452. The molecular formula is C10H11BrN2OS. The molecule has 0 saturated heterocycles. The van der Waals surface area contributed by atoms with Gasteiger partial charge in [0.1, 0.15) is 6.10 Å². The summed E-state index contributed by atoms with van der Waals surface area (Å²) < 4.78 is 2.90. The summed E-state index contributed by atoms with van der Waals surface area (Å²) in [7, 11) is 1.89. The molecule has 15 heavy (non-hydrogen) atoms. The largest absolute Gasteiger partial charge is 0.386 e. The van der Waals surface area contributed by atoms with Gasteiger partial charge in [0.05, 0.1) is 12.0 Å². The Morgan fingerprint density at radius 3 is 3.00 bits per heavy atom. The molecule has 0 saturated carbocycles. The average Bonchev–Trinajstić information content (AvgIpc) is 2.75. The van der Waals surface area contributed by atoms with Gasteiger partial charge in [-0.1, -0.05) is 0 Å². The average molecular weight is 287 g/mol. The zero-order valence-electron chi connectivity index (χ0n) is 8.22. The van der Waals surface area contributed by atoms with E-state index in [9.17, 15) is 5.11 Å². The third-order valence-corrected chi connectivity index (χ3v) is 3.80. The third kappa shape index (κ3) is 2.68. The fourth-order valence-electron chi connectivity index (χ4n) is 1.36. The molecule has 0 spiro atoms. The first kappa shape index (κ1) is 10.9. The number of aromatic nitrogens is 2. The van der Waals surface area contributed by atoms with Crippen LogP contribution in [0.5, 0.6) is 0 Å². The second kappa shape index (κ2) is 4.47. The van der Waals surface area contributed by atoms with Crippen LogP contribution >= 0.6 is 27.3 Å². The maximum Gasteiger partial charge on any atom is 0.102 e. The van der Waals surface area contributed by atoms with Crippen LogP contribution in [0.4, 0.5) is 0 Å². The fourth-order valence-corrected chi connectivity index (χ4v) is 2.85. The van der Waals surface area contributed by atoms with E-state index in [4.69, 9.17) is 0 Å². The molecular weight excluding hydrogens is 276 g/mol. The summed E-state index contributed by atoms with van der Waals surface area (Å²) in [6.45, 7) is 0. The summed E-state index contributed by atoms with van der Waals surface area (Å²) in [6.07, 6.45) is 3.64. The Balaban J connectivity index is 2.06. The highest BCUT2D eigenvalue weighted by atomic mass is 79.9. The van der Waals surface area contributed by atoms with Crippen LogP contribution in [0.3, 0.4) is 0 Å². The first-order valence-electron chi connectivity index (χ1n) is 4.54. The van der Waals surface area contributed by atoms with Crippen LogP contribution in [0.15, 0.2) is 28.4 Å². The van der Waals surface area contributed by atoms with Crippen LogP contribution in [-0.2, 0) is 13.5 Å². The molecule has 3 nitrogen and oxygen atoms in total. The van der Waals surface area contributed by atoms with Crippen molar-refractivity contribution >= 4 is 27.3 Å². The number of nitrogens with zero attached hydrogens (tertiary/aromatic N) is 2. The molecule has 0 radical (unpaired) electrons. The van der Waals surface area contributed by atoms with E-state index >= 15 is 0 Å². The molecule has 5 heteroatoms. The van der Waals surface area contributed by atoms with E-state index in [1.165, 1.54) is 0 Å². The molecule has 0 aromatic carbocycles. The second-order valence-corrected chi connectivity index (χ2v) is 5.33. The molecule has 0 fully saturated rings. The normalized spacial score (nSPS) is 13.0. The molecule has 2 aromatic heterocycles. The zero-order valence-corrected chi connectivity index (χ0v) is 10.6. The summed E-state index contributed by atoms with van der Waals surface area (Å²) in [5.74, 6) is 0. The lowest BCUT2D eigenvalue weighted by atomic mass is 10.2. The molecule has 0 aliphatic carbocycles. The van der Waals surface area contributed by atoms with Crippen molar-refractivity contribution in [2.24, 2.45) is 7.05 Å². The van der Waals surface area contributed by atoms with Crippen molar-refractivity contribution in [3.63, 3.8) is 0 Å². The van der Waals surface area contributed by atoms with Crippen molar-refractivity contribution < 1.29 is 5.11 Å². The minimum absolute atomic E-state index is 0.517. The van der Waals surface area contributed by atoms with Gasteiger partial charge in [0, 0.05) is 34.4 Å². The van der Waals surface area contributed by atoms with Crippen molar-refractivity contribution in [1.29, 1.82) is 0 Å².